The van der Waals surface area contributed by atoms with E-state index < -0.39 is 5.41 Å². The molecule has 2 aliphatic carbocycles. The molecule has 0 fully saturated rings. The summed E-state index contributed by atoms with van der Waals surface area (Å²) in [5.74, 6) is 0. The van der Waals surface area contributed by atoms with Gasteiger partial charge in [-0.15, -0.1) is 0 Å². The van der Waals surface area contributed by atoms with Gasteiger partial charge in [-0.05, 0) is 130 Å². The van der Waals surface area contributed by atoms with Crippen LogP contribution in [0.1, 0.15) is 48.6 Å². The lowest BCUT2D eigenvalue weighted by Crippen LogP contribution is -2.26. The molecule has 10 aromatic rings. The molecule has 0 aromatic heterocycles. The van der Waals surface area contributed by atoms with Crippen molar-refractivity contribution in [1.82, 2.24) is 0 Å². The van der Waals surface area contributed by atoms with Gasteiger partial charge in [0.15, 0.2) is 0 Å². The van der Waals surface area contributed by atoms with E-state index in [9.17, 15) is 0 Å². The number of hydrogen-bond donors (Lipinski definition) is 0. The zero-order valence-electron chi connectivity index (χ0n) is 36.4. The minimum absolute atomic E-state index is 0.0198. The second-order valence-corrected chi connectivity index (χ2v) is 18.4. The van der Waals surface area contributed by atoms with Crippen molar-refractivity contribution in [3.8, 4) is 55.6 Å². The van der Waals surface area contributed by atoms with Gasteiger partial charge in [0, 0.05) is 16.9 Å². The molecule has 0 N–H and O–H groups in total. The summed E-state index contributed by atoms with van der Waals surface area (Å²) in [4.78, 5) is 2.50. The minimum Gasteiger partial charge on any atom is -0.310 e. The van der Waals surface area contributed by atoms with Crippen molar-refractivity contribution >= 4 is 27.8 Å². The molecule has 1 heteroatoms. The zero-order valence-corrected chi connectivity index (χ0v) is 36.4. The highest BCUT2D eigenvalue weighted by molar-refractivity contribution is 6.01. The quantitative estimate of drug-likeness (QED) is 0.162. The summed E-state index contributed by atoms with van der Waals surface area (Å²) in [6.07, 6.45) is 0. The molecule has 0 heterocycles. The molecule has 64 heavy (non-hydrogen) atoms. The van der Waals surface area contributed by atoms with E-state index in [2.05, 4.69) is 256 Å². The van der Waals surface area contributed by atoms with Gasteiger partial charge in [0.1, 0.15) is 0 Å². The maximum atomic E-state index is 2.51. The van der Waals surface area contributed by atoms with Crippen LogP contribution in [0.3, 0.4) is 0 Å². The fraction of sp³-hybridized carbons (Fsp3) is 0.0794. The monoisotopic (exact) mass is 817 g/mol. The van der Waals surface area contributed by atoms with Crippen molar-refractivity contribution < 1.29 is 0 Å². The van der Waals surface area contributed by atoms with Gasteiger partial charge in [-0.2, -0.15) is 0 Å². The fourth-order valence-corrected chi connectivity index (χ4v) is 11.1. The Balaban J connectivity index is 1.12. The van der Waals surface area contributed by atoms with Crippen molar-refractivity contribution in [1.29, 1.82) is 0 Å². The lowest BCUT2D eigenvalue weighted by atomic mass is 9.70. The van der Waals surface area contributed by atoms with Gasteiger partial charge in [-0.1, -0.05) is 215 Å². The number of anilines is 3. The van der Waals surface area contributed by atoms with E-state index in [0.717, 1.165) is 17.1 Å². The van der Waals surface area contributed by atoms with Gasteiger partial charge < -0.3 is 4.90 Å². The Morgan fingerprint density at radius 1 is 0.312 bits per heavy atom. The van der Waals surface area contributed by atoms with Crippen molar-refractivity contribution in [2.24, 2.45) is 0 Å². The molecule has 1 unspecified atom stereocenters. The van der Waals surface area contributed by atoms with Gasteiger partial charge in [0.2, 0.25) is 0 Å². The number of para-hydroxylation sites is 1. The largest absolute Gasteiger partial charge is 0.310 e. The molecule has 0 bridgehead atoms. The number of benzene rings is 10. The van der Waals surface area contributed by atoms with E-state index in [0.29, 0.717) is 0 Å². The van der Waals surface area contributed by atoms with Crippen LogP contribution in [-0.4, -0.2) is 0 Å². The molecular formula is C63H47N. The summed E-state index contributed by atoms with van der Waals surface area (Å²) in [6, 6.07) is 85.9. The highest BCUT2D eigenvalue weighted by Crippen LogP contribution is 2.64. The normalized spacial score (nSPS) is 14.5. The minimum atomic E-state index is -0.515. The van der Waals surface area contributed by atoms with Crippen molar-refractivity contribution in [3.63, 3.8) is 0 Å². The molecule has 1 nitrogen and oxygen atoms in total. The predicted molar refractivity (Wildman–Crippen MR) is 270 cm³/mol. The van der Waals surface area contributed by atoms with Crippen LogP contribution in [0, 0.1) is 0 Å². The molecule has 0 amide bonds. The van der Waals surface area contributed by atoms with E-state index in [4.69, 9.17) is 0 Å². The van der Waals surface area contributed by atoms with Crippen LogP contribution in [0.15, 0.2) is 231 Å². The Hall–Kier alpha value is -7.74. The molecule has 304 valence electrons. The van der Waals surface area contributed by atoms with Crippen molar-refractivity contribution in [2.75, 3.05) is 4.90 Å². The van der Waals surface area contributed by atoms with E-state index in [1.165, 1.54) is 94.2 Å². The van der Waals surface area contributed by atoms with Crippen LogP contribution in [0.5, 0.6) is 0 Å². The summed E-state index contributed by atoms with van der Waals surface area (Å²) in [5.41, 5.74) is 21.9. The SMILES string of the molecule is CC(C)(C)c1ccc(-c2cccc(N(c3ccc4c(c3)C3(c5ccccc5-c5ccc(-c6ccccc6)cc53)c3ccccc3-4)c3ccccc3-c3ccccc3)c2)c2ccccc12. The molecule has 0 radical (unpaired) electrons. The second kappa shape index (κ2) is 14.7. The summed E-state index contributed by atoms with van der Waals surface area (Å²) in [7, 11) is 0. The van der Waals surface area contributed by atoms with Gasteiger partial charge in [-0.25, -0.2) is 0 Å². The molecule has 1 spiro atoms. The third-order valence-electron chi connectivity index (χ3n) is 13.8. The molecule has 0 aliphatic heterocycles. The van der Waals surface area contributed by atoms with Crippen LogP contribution in [0.2, 0.25) is 0 Å². The van der Waals surface area contributed by atoms with Crippen LogP contribution < -0.4 is 4.90 Å². The van der Waals surface area contributed by atoms with Gasteiger partial charge in [0.25, 0.3) is 0 Å². The van der Waals surface area contributed by atoms with Crippen LogP contribution in [0.25, 0.3) is 66.4 Å². The molecule has 2 aliphatic rings. The Morgan fingerprint density at radius 3 is 1.53 bits per heavy atom. The average molecular weight is 818 g/mol. The first-order valence-electron chi connectivity index (χ1n) is 22.5. The first-order chi connectivity index (χ1) is 31.4. The van der Waals surface area contributed by atoms with Gasteiger partial charge in [0.05, 0.1) is 11.1 Å². The van der Waals surface area contributed by atoms with E-state index in [-0.39, 0.29) is 5.41 Å². The molecule has 0 saturated heterocycles. The van der Waals surface area contributed by atoms with Crippen molar-refractivity contribution in [3.05, 3.63) is 258 Å². The molecule has 0 saturated carbocycles. The lowest BCUT2D eigenvalue weighted by molar-refractivity contribution is 0.596. The number of fused-ring (bicyclic) bond motifs is 11. The first-order valence-corrected chi connectivity index (χ1v) is 22.5. The molecular weight excluding hydrogens is 771 g/mol. The fourth-order valence-electron chi connectivity index (χ4n) is 11.1. The first kappa shape index (κ1) is 38.0. The van der Waals surface area contributed by atoms with E-state index in [1.807, 2.05) is 0 Å². The summed E-state index contributed by atoms with van der Waals surface area (Å²) in [5, 5.41) is 2.58. The van der Waals surface area contributed by atoms with Crippen LogP contribution in [0.4, 0.5) is 17.1 Å². The van der Waals surface area contributed by atoms with Crippen molar-refractivity contribution in [2.45, 2.75) is 31.6 Å². The lowest BCUT2D eigenvalue weighted by Gasteiger charge is -2.33. The standard InChI is InChI=1S/C63H47N/c1-62(2,3)56-38-37-48(50-26-10-11-27-51(50)56)45-23-18-24-46(39-45)64(61-32-17-14-25-49(61)43-21-8-5-9-22-43)47-34-36-55-53-29-13-16-31-58(53)63(60(55)41-47)57-30-15-12-28-52(57)54-35-33-44(40-59(54)63)42-19-6-4-7-20-42/h4-41H,1-3H3. The Labute approximate surface area is 376 Å². The third kappa shape index (κ3) is 5.77. The summed E-state index contributed by atoms with van der Waals surface area (Å²) >= 11 is 0. The summed E-state index contributed by atoms with van der Waals surface area (Å²) < 4.78 is 0. The third-order valence-corrected chi connectivity index (χ3v) is 13.8. The Kier molecular flexibility index (Phi) is 8.71. The number of rotatable bonds is 6. The average Bonchev–Trinajstić information content (AvgIpc) is 3.81. The topological polar surface area (TPSA) is 3.24 Å². The second-order valence-electron chi connectivity index (χ2n) is 18.4. The van der Waals surface area contributed by atoms with Gasteiger partial charge in [-0.3, -0.25) is 0 Å². The highest BCUT2D eigenvalue weighted by Gasteiger charge is 2.52. The van der Waals surface area contributed by atoms with Crippen LogP contribution >= 0.6 is 0 Å². The van der Waals surface area contributed by atoms with E-state index >= 15 is 0 Å². The predicted octanol–water partition coefficient (Wildman–Crippen LogP) is 17.0. The van der Waals surface area contributed by atoms with E-state index in [1.54, 1.807) is 0 Å². The molecule has 12 rings (SSSR count). The van der Waals surface area contributed by atoms with Crippen LogP contribution in [-0.2, 0) is 10.8 Å². The number of nitrogens with zero attached hydrogens (tertiary/aromatic N) is 1. The Morgan fingerprint density at radius 2 is 0.828 bits per heavy atom. The van der Waals surface area contributed by atoms with Gasteiger partial charge >= 0.3 is 0 Å². The summed E-state index contributed by atoms with van der Waals surface area (Å²) in [6.45, 7) is 6.92. The maximum absolute atomic E-state index is 2.51. The number of hydrogen-bond acceptors (Lipinski definition) is 1. The molecule has 1 atom stereocenters. The smallest absolute Gasteiger partial charge is 0.0726 e. The highest BCUT2D eigenvalue weighted by atomic mass is 15.1. The molecule has 10 aromatic carbocycles. The zero-order chi connectivity index (χ0) is 43.0. The maximum Gasteiger partial charge on any atom is 0.0726 e. The Bertz CT molecular complexity index is 3410.